The first kappa shape index (κ1) is 7.11. The average Bonchev–Trinajstić information content (AvgIpc) is 2.02. The first-order chi connectivity index (χ1) is 5.80. The molecule has 0 radical (unpaired) electrons. The van der Waals surface area contributed by atoms with E-state index in [9.17, 15) is 0 Å². The van der Waals surface area contributed by atoms with Gasteiger partial charge in [0.15, 0.2) is 0 Å². The maximum atomic E-state index is 4.43. The Kier molecular flexibility index (Phi) is 1.26. The predicted molar refractivity (Wildman–Crippen MR) is 50.5 cm³/mol. The first-order valence-electron chi connectivity index (χ1n) is 5.27. The van der Waals surface area contributed by atoms with Gasteiger partial charge in [-0.25, -0.2) is 0 Å². The zero-order chi connectivity index (χ0) is 8.18. The molecule has 0 aromatic heterocycles. The van der Waals surface area contributed by atoms with Gasteiger partial charge in [0.2, 0.25) is 0 Å². The van der Waals surface area contributed by atoms with Crippen molar-refractivity contribution in [3.05, 3.63) is 0 Å². The van der Waals surface area contributed by atoms with Crippen LogP contribution in [0.15, 0.2) is 4.99 Å². The lowest BCUT2D eigenvalue weighted by molar-refractivity contribution is 0.00212. The summed E-state index contributed by atoms with van der Waals surface area (Å²) in [4.78, 5) is 4.43. The van der Waals surface area contributed by atoms with Gasteiger partial charge in [0.05, 0.1) is 5.54 Å². The zero-order valence-corrected chi connectivity index (χ0v) is 7.63. The summed E-state index contributed by atoms with van der Waals surface area (Å²) in [5.74, 6) is 3.05. The molecule has 1 heteroatoms. The molecule has 4 bridgehead atoms. The van der Waals surface area contributed by atoms with Gasteiger partial charge in [-0.2, -0.15) is 0 Å². The van der Waals surface area contributed by atoms with Crippen LogP contribution in [-0.4, -0.2) is 12.3 Å². The Bertz CT molecular complexity index is 184. The van der Waals surface area contributed by atoms with Gasteiger partial charge in [0.1, 0.15) is 0 Å². The summed E-state index contributed by atoms with van der Waals surface area (Å²) in [5, 5.41) is 0. The van der Waals surface area contributed by atoms with E-state index in [1.165, 1.54) is 38.5 Å². The van der Waals surface area contributed by atoms with Crippen LogP contribution < -0.4 is 0 Å². The molecule has 66 valence electrons. The molecule has 0 N–H and O–H groups in total. The van der Waals surface area contributed by atoms with Crippen LogP contribution >= 0.6 is 0 Å². The standard InChI is InChI=1S/C11H17N/c1-12-11-5-8-2-9(6-11)4-10(3-8)7-11/h8-10H,1-7H2. The van der Waals surface area contributed by atoms with Crippen molar-refractivity contribution in [2.24, 2.45) is 22.7 Å². The third-order valence-electron chi connectivity index (χ3n) is 4.34. The molecule has 4 saturated carbocycles. The highest BCUT2D eigenvalue weighted by Gasteiger charge is 2.50. The summed E-state index contributed by atoms with van der Waals surface area (Å²) in [7, 11) is 0. The lowest BCUT2D eigenvalue weighted by Crippen LogP contribution is -2.49. The minimum atomic E-state index is 0.356. The monoisotopic (exact) mass is 163 g/mol. The molecule has 1 nitrogen and oxygen atoms in total. The van der Waals surface area contributed by atoms with Gasteiger partial charge in [0, 0.05) is 0 Å². The van der Waals surface area contributed by atoms with Gasteiger partial charge in [-0.3, -0.25) is 4.99 Å². The van der Waals surface area contributed by atoms with Crippen molar-refractivity contribution in [2.45, 2.75) is 44.1 Å². The third-order valence-corrected chi connectivity index (χ3v) is 4.34. The predicted octanol–water partition coefficient (Wildman–Crippen LogP) is 2.66. The molecule has 0 aliphatic heterocycles. The molecule has 0 unspecified atom stereocenters. The van der Waals surface area contributed by atoms with Crippen LogP contribution in [0.25, 0.3) is 0 Å². The van der Waals surface area contributed by atoms with Gasteiger partial charge in [-0.15, -0.1) is 0 Å². The minimum absolute atomic E-state index is 0.356. The summed E-state index contributed by atoms with van der Waals surface area (Å²) in [5.41, 5.74) is 0.356. The van der Waals surface area contributed by atoms with Crippen molar-refractivity contribution in [1.82, 2.24) is 0 Å². The van der Waals surface area contributed by atoms with Gasteiger partial charge >= 0.3 is 0 Å². The minimum Gasteiger partial charge on any atom is -0.294 e. The van der Waals surface area contributed by atoms with E-state index in [-0.39, 0.29) is 0 Å². The second-order valence-corrected chi connectivity index (χ2v) is 5.30. The summed E-state index contributed by atoms with van der Waals surface area (Å²) in [6, 6.07) is 0. The van der Waals surface area contributed by atoms with E-state index in [1.54, 1.807) is 0 Å². The van der Waals surface area contributed by atoms with Crippen molar-refractivity contribution in [1.29, 1.82) is 0 Å². The van der Waals surface area contributed by atoms with E-state index in [4.69, 9.17) is 0 Å². The zero-order valence-electron chi connectivity index (χ0n) is 7.63. The van der Waals surface area contributed by atoms with Crippen molar-refractivity contribution in [3.8, 4) is 0 Å². The number of aliphatic imine (C=N–C) groups is 1. The van der Waals surface area contributed by atoms with Crippen LogP contribution in [0.1, 0.15) is 38.5 Å². The van der Waals surface area contributed by atoms with Crippen LogP contribution in [0, 0.1) is 17.8 Å². The second kappa shape index (κ2) is 2.12. The Morgan fingerprint density at radius 1 is 0.917 bits per heavy atom. The van der Waals surface area contributed by atoms with Crippen LogP contribution in [0.4, 0.5) is 0 Å². The van der Waals surface area contributed by atoms with E-state index in [0.717, 1.165) is 17.8 Å². The van der Waals surface area contributed by atoms with Crippen LogP contribution in [0.3, 0.4) is 0 Å². The van der Waals surface area contributed by atoms with E-state index < -0.39 is 0 Å². The fourth-order valence-corrected chi connectivity index (χ4v) is 4.26. The van der Waals surface area contributed by atoms with Gasteiger partial charge in [-0.1, -0.05) is 0 Å². The molecule has 4 aliphatic carbocycles. The fourth-order valence-electron chi connectivity index (χ4n) is 4.26. The van der Waals surface area contributed by atoms with E-state index >= 15 is 0 Å². The lowest BCUT2D eigenvalue weighted by atomic mass is 9.53. The molecular formula is C11H17N. The molecule has 0 aromatic carbocycles. The molecule has 4 fully saturated rings. The number of hydrogen-bond donors (Lipinski definition) is 0. The molecule has 0 atom stereocenters. The second-order valence-electron chi connectivity index (χ2n) is 5.30. The maximum absolute atomic E-state index is 4.43. The lowest BCUT2D eigenvalue weighted by Gasteiger charge is -2.54. The summed E-state index contributed by atoms with van der Waals surface area (Å²) in [6.45, 7) is 3.80. The normalized spacial score (nSPS) is 55.8. The number of nitrogens with zero attached hydrogens (tertiary/aromatic N) is 1. The molecule has 0 heterocycles. The largest absolute Gasteiger partial charge is 0.294 e. The molecule has 0 amide bonds. The molecule has 0 spiro atoms. The highest BCUT2D eigenvalue weighted by molar-refractivity contribution is 5.27. The van der Waals surface area contributed by atoms with Gasteiger partial charge < -0.3 is 0 Å². The molecule has 0 saturated heterocycles. The first-order valence-corrected chi connectivity index (χ1v) is 5.27. The summed E-state index contributed by atoms with van der Waals surface area (Å²) >= 11 is 0. The SMILES string of the molecule is C=NC12CC3CC(CC(C3)C1)C2. The molecule has 12 heavy (non-hydrogen) atoms. The van der Waals surface area contributed by atoms with E-state index in [2.05, 4.69) is 11.7 Å². The van der Waals surface area contributed by atoms with Gasteiger partial charge in [-0.05, 0) is 63.0 Å². The Hall–Kier alpha value is -0.330. The Balaban J connectivity index is 1.95. The summed E-state index contributed by atoms with van der Waals surface area (Å²) in [6.07, 6.45) is 8.62. The highest BCUT2D eigenvalue weighted by atomic mass is 14.9. The average molecular weight is 163 g/mol. The van der Waals surface area contributed by atoms with Gasteiger partial charge in [0.25, 0.3) is 0 Å². The molecule has 4 rings (SSSR count). The Morgan fingerprint density at radius 3 is 1.67 bits per heavy atom. The summed E-state index contributed by atoms with van der Waals surface area (Å²) < 4.78 is 0. The van der Waals surface area contributed by atoms with Crippen molar-refractivity contribution < 1.29 is 0 Å². The fraction of sp³-hybridized carbons (Fsp3) is 0.909. The van der Waals surface area contributed by atoms with Crippen molar-refractivity contribution in [2.75, 3.05) is 0 Å². The van der Waals surface area contributed by atoms with E-state index in [1.807, 2.05) is 0 Å². The molecular weight excluding hydrogens is 146 g/mol. The van der Waals surface area contributed by atoms with Crippen molar-refractivity contribution >= 4 is 6.72 Å². The smallest absolute Gasteiger partial charge is 0.0609 e. The van der Waals surface area contributed by atoms with Crippen LogP contribution in [0.2, 0.25) is 0 Å². The topological polar surface area (TPSA) is 12.4 Å². The van der Waals surface area contributed by atoms with E-state index in [0.29, 0.717) is 5.54 Å². The third kappa shape index (κ3) is 0.826. The van der Waals surface area contributed by atoms with Crippen LogP contribution in [-0.2, 0) is 0 Å². The Labute approximate surface area is 74.3 Å². The number of rotatable bonds is 1. The number of hydrogen-bond acceptors (Lipinski definition) is 1. The van der Waals surface area contributed by atoms with Crippen molar-refractivity contribution in [3.63, 3.8) is 0 Å². The molecule has 0 aromatic rings. The van der Waals surface area contributed by atoms with Crippen LogP contribution in [0.5, 0.6) is 0 Å². The quantitative estimate of drug-likeness (QED) is 0.527. The Morgan fingerprint density at radius 2 is 1.33 bits per heavy atom. The molecule has 4 aliphatic rings. The highest BCUT2D eigenvalue weighted by Crippen LogP contribution is 2.56. The maximum Gasteiger partial charge on any atom is 0.0609 e.